The molecule has 0 aliphatic heterocycles. The number of amides is 1. The van der Waals surface area contributed by atoms with Gasteiger partial charge in [0.2, 0.25) is 5.91 Å². The summed E-state index contributed by atoms with van der Waals surface area (Å²) in [5.41, 5.74) is 0. The summed E-state index contributed by atoms with van der Waals surface area (Å²) in [6, 6.07) is 0. The molecule has 14 heavy (non-hydrogen) atoms. The number of aromatic nitrogens is 4. The average molecular weight is 199 g/mol. The molecule has 0 spiro atoms. The van der Waals surface area contributed by atoms with Gasteiger partial charge in [0.1, 0.15) is 0 Å². The van der Waals surface area contributed by atoms with Crippen molar-refractivity contribution in [1.29, 1.82) is 0 Å². The zero-order valence-electron chi connectivity index (χ0n) is 8.14. The SMILES string of the molecule is CC(O)CNC(=O)Cc1nnnn1C. The van der Waals surface area contributed by atoms with E-state index >= 15 is 0 Å². The van der Waals surface area contributed by atoms with Crippen LogP contribution in [0, 0.1) is 0 Å². The number of aliphatic hydroxyl groups is 1. The standard InChI is InChI=1S/C7H13N5O2/c1-5(13)4-8-7(14)3-6-9-10-11-12(6)2/h5,13H,3-4H2,1-2H3,(H,8,14). The molecule has 1 aromatic heterocycles. The summed E-state index contributed by atoms with van der Waals surface area (Å²) in [4.78, 5) is 11.2. The van der Waals surface area contributed by atoms with E-state index in [-0.39, 0.29) is 18.9 Å². The number of hydrogen-bond donors (Lipinski definition) is 2. The number of carbonyl (C=O) groups excluding carboxylic acids is 1. The summed E-state index contributed by atoms with van der Waals surface area (Å²) in [6.45, 7) is 1.84. The molecule has 0 fully saturated rings. The van der Waals surface area contributed by atoms with E-state index in [1.165, 1.54) is 4.68 Å². The third-order valence-corrected chi connectivity index (χ3v) is 1.62. The lowest BCUT2D eigenvalue weighted by atomic mass is 10.3. The van der Waals surface area contributed by atoms with Crippen molar-refractivity contribution >= 4 is 5.91 Å². The van der Waals surface area contributed by atoms with E-state index in [9.17, 15) is 4.79 Å². The monoisotopic (exact) mass is 199 g/mol. The fourth-order valence-corrected chi connectivity index (χ4v) is 0.865. The average Bonchev–Trinajstić information content (AvgIpc) is 2.49. The maximum atomic E-state index is 11.2. The van der Waals surface area contributed by atoms with E-state index in [0.717, 1.165) is 0 Å². The van der Waals surface area contributed by atoms with Gasteiger partial charge in [0, 0.05) is 13.6 Å². The van der Waals surface area contributed by atoms with Crippen LogP contribution >= 0.6 is 0 Å². The Kier molecular flexibility index (Phi) is 3.52. The van der Waals surface area contributed by atoms with Gasteiger partial charge in [0.05, 0.1) is 12.5 Å². The van der Waals surface area contributed by atoms with Gasteiger partial charge in [-0.05, 0) is 17.4 Å². The molecule has 7 nitrogen and oxygen atoms in total. The van der Waals surface area contributed by atoms with Crippen molar-refractivity contribution in [2.45, 2.75) is 19.4 Å². The minimum absolute atomic E-state index is 0.121. The highest BCUT2D eigenvalue weighted by Crippen LogP contribution is 1.90. The number of nitrogens with zero attached hydrogens (tertiary/aromatic N) is 4. The molecule has 1 amide bonds. The smallest absolute Gasteiger partial charge is 0.227 e. The highest BCUT2D eigenvalue weighted by atomic mass is 16.3. The maximum Gasteiger partial charge on any atom is 0.227 e. The second kappa shape index (κ2) is 4.66. The summed E-state index contributed by atoms with van der Waals surface area (Å²) in [7, 11) is 1.66. The van der Waals surface area contributed by atoms with Crippen LogP contribution in [0.1, 0.15) is 12.7 Å². The minimum Gasteiger partial charge on any atom is -0.392 e. The first-order valence-electron chi connectivity index (χ1n) is 4.25. The molecule has 0 aromatic carbocycles. The van der Waals surface area contributed by atoms with Gasteiger partial charge in [0.25, 0.3) is 0 Å². The van der Waals surface area contributed by atoms with Crippen LogP contribution in [-0.4, -0.2) is 43.9 Å². The van der Waals surface area contributed by atoms with Crippen molar-refractivity contribution in [2.24, 2.45) is 7.05 Å². The van der Waals surface area contributed by atoms with Crippen molar-refractivity contribution in [3.63, 3.8) is 0 Å². The molecule has 0 aliphatic carbocycles. The van der Waals surface area contributed by atoms with Crippen LogP contribution < -0.4 is 5.32 Å². The van der Waals surface area contributed by atoms with Gasteiger partial charge in [-0.2, -0.15) is 0 Å². The summed E-state index contributed by atoms with van der Waals surface area (Å²) >= 11 is 0. The van der Waals surface area contributed by atoms with Crippen LogP contribution in [0.3, 0.4) is 0 Å². The lowest BCUT2D eigenvalue weighted by Crippen LogP contribution is -2.32. The molecular weight excluding hydrogens is 186 g/mol. The molecule has 0 saturated heterocycles. The van der Waals surface area contributed by atoms with E-state index in [0.29, 0.717) is 5.82 Å². The second-order valence-electron chi connectivity index (χ2n) is 3.05. The lowest BCUT2D eigenvalue weighted by molar-refractivity contribution is -0.121. The van der Waals surface area contributed by atoms with Crippen molar-refractivity contribution in [3.05, 3.63) is 5.82 Å². The van der Waals surface area contributed by atoms with Gasteiger partial charge in [-0.15, -0.1) is 5.10 Å². The largest absolute Gasteiger partial charge is 0.392 e. The summed E-state index contributed by atoms with van der Waals surface area (Å²) < 4.78 is 1.43. The highest BCUT2D eigenvalue weighted by molar-refractivity contribution is 5.77. The molecule has 0 aliphatic rings. The summed E-state index contributed by atoms with van der Waals surface area (Å²) in [5.74, 6) is 0.289. The fraction of sp³-hybridized carbons (Fsp3) is 0.714. The van der Waals surface area contributed by atoms with E-state index in [1.807, 2.05) is 0 Å². The first-order valence-corrected chi connectivity index (χ1v) is 4.25. The van der Waals surface area contributed by atoms with Crippen LogP contribution in [0.25, 0.3) is 0 Å². The Morgan fingerprint density at radius 2 is 2.43 bits per heavy atom. The number of rotatable bonds is 4. The van der Waals surface area contributed by atoms with Gasteiger partial charge in [-0.1, -0.05) is 0 Å². The molecular formula is C7H13N5O2. The van der Waals surface area contributed by atoms with Crippen LogP contribution in [0.4, 0.5) is 0 Å². The third kappa shape index (κ3) is 3.09. The molecule has 7 heteroatoms. The second-order valence-corrected chi connectivity index (χ2v) is 3.05. The van der Waals surface area contributed by atoms with E-state index in [4.69, 9.17) is 5.11 Å². The van der Waals surface area contributed by atoms with E-state index in [1.54, 1.807) is 14.0 Å². The predicted molar refractivity (Wildman–Crippen MR) is 47.2 cm³/mol. The zero-order chi connectivity index (χ0) is 10.6. The number of nitrogens with one attached hydrogen (secondary N) is 1. The lowest BCUT2D eigenvalue weighted by Gasteiger charge is -2.05. The predicted octanol–water partition coefficient (Wildman–Crippen LogP) is -1.75. The normalized spacial score (nSPS) is 12.5. The van der Waals surface area contributed by atoms with Crippen LogP contribution in [0.15, 0.2) is 0 Å². The molecule has 1 aromatic rings. The Morgan fingerprint density at radius 3 is 2.93 bits per heavy atom. The van der Waals surface area contributed by atoms with Gasteiger partial charge < -0.3 is 10.4 Å². The number of tetrazole rings is 1. The first kappa shape index (κ1) is 10.6. The molecule has 0 saturated carbocycles. The number of aryl methyl sites for hydroxylation is 1. The van der Waals surface area contributed by atoms with Crippen LogP contribution in [-0.2, 0) is 18.3 Å². The number of carbonyl (C=O) groups is 1. The summed E-state index contributed by atoms with van der Waals surface area (Å²) in [6.07, 6.45) is -0.424. The topological polar surface area (TPSA) is 92.9 Å². The Morgan fingerprint density at radius 1 is 1.71 bits per heavy atom. The van der Waals surface area contributed by atoms with Gasteiger partial charge in [-0.25, -0.2) is 4.68 Å². The Bertz CT molecular complexity index is 309. The van der Waals surface area contributed by atoms with E-state index < -0.39 is 6.10 Å². The zero-order valence-corrected chi connectivity index (χ0v) is 8.14. The van der Waals surface area contributed by atoms with Crippen LogP contribution in [0.5, 0.6) is 0 Å². The molecule has 1 atom stereocenters. The van der Waals surface area contributed by atoms with Crippen molar-refractivity contribution in [2.75, 3.05) is 6.54 Å². The van der Waals surface area contributed by atoms with Gasteiger partial charge in [-0.3, -0.25) is 4.79 Å². The van der Waals surface area contributed by atoms with Gasteiger partial charge in [0.15, 0.2) is 5.82 Å². The number of hydrogen-bond acceptors (Lipinski definition) is 5. The molecule has 1 heterocycles. The molecule has 1 unspecified atom stereocenters. The molecule has 78 valence electrons. The highest BCUT2D eigenvalue weighted by Gasteiger charge is 2.09. The Balaban J connectivity index is 2.38. The molecule has 1 rings (SSSR count). The first-order chi connectivity index (χ1) is 6.59. The van der Waals surface area contributed by atoms with E-state index in [2.05, 4.69) is 20.8 Å². The number of aliphatic hydroxyl groups excluding tert-OH is 1. The fourth-order valence-electron chi connectivity index (χ4n) is 0.865. The van der Waals surface area contributed by atoms with Crippen molar-refractivity contribution < 1.29 is 9.90 Å². The summed E-state index contributed by atoms with van der Waals surface area (Å²) in [5, 5.41) is 22.1. The van der Waals surface area contributed by atoms with Crippen LogP contribution in [0.2, 0.25) is 0 Å². The Hall–Kier alpha value is -1.50. The maximum absolute atomic E-state index is 11.2. The molecule has 0 bridgehead atoms. The third-order valence-electron chi connectivity index (χ3n) is 1.62. The van der Waals surface area contributed by atoms with Crippen molar-refractivity contribution in [3.8, 4) is 0 Å². The molecule has 2 N–H and O–H groups in total. The van der Waals surface area contributed by atoms with Crippen molar-refractivity contribution in [1.82, 2.24) is 25.5 Å². The molecule has 0 radical (unpaired) electrons. The minimum atomic E-state index is -0.545. The van der Waals surface area contributed by atoms with Gasteiger partial charge >= 0.3 is 0 Å². The quantitative estimate of drug-likeness (QED) is 0.599. The Labute approximate surface area is 81.1 Å².